The monoisotopic (exact) mass is 340 g/mol. The molecule has 0 spiro atoms. The Kier molecular flexibility index (Phi) is 5.89. The van der Waals surface area contributed by atoms with Gasteiger partial charge < -0.3 is 14.6 Å². The fourth-order valence-corrected chi connectivity index (χ4v) is 3.48. The van der Waals surface area contributed by atoms with Gasteiger partial charge in [-0.15, -0.1) is 0 Å². The van der Waals surface area contributed by atoms with Crippen LogP contribution in [-0.2, 0) is 22.3 Å². The molecule has 2 atom stereocenters. The van der Waals surface area contributed by atoms with Crippen molar-refractivity contribution in [1.29, 1.82) is 0 Å². The second-order valence-corrected chi connectivity index (χ2v) is 7.27. The molecule has 0 radical (unpaired) electrons. The zero-order chi connectivity index (χ0) is 17.7. The first-order chi connectivity index (χ1) is 12.1. The standard InChI is InChI=1S/C22H28O3/c1-22(2)24-16-20(21(25-22)19-11-4-3-5-12-19)15-18-9-6-8-17(14-18)10-7-13-23/h3-6,8-9,11-12,14,20-21,23H,7,10,13,15-16H2,1-2H3/t20-,21-/m1/s1. The van der Waals surface area contributed by atoms with E-state index in [0.717, 1.165) is 19.3 Å². The van der Waals surface area contributed by atoms with Crippen LogP contribution in [0.1, 0.15) is 43.1 Å². The van der Waals surface area contributed by atoms with E-state index in [1.165, 1.54) is 16.7 Å². The number of aliphatic hydroxyl groups is 1. The number of aliphatic hydroxyl groups excluding tert-OH is 1. The van der Waals surface area contributed by atoms with Gasteiger partial charge in [-0.05, 0) is 49.8 Å². The Labute approximate surface area is 150 Å². The van der Waals surface area contributed by atoms with Crippen molar-refractivity contribution in [1.82, 2.24) is 0 Å². The molecule has 0 aromatic heterocycles. The van der Waals surface area contributed by atoms with Crippen LogP contribution in [0.4, 0.5) is 0 Å². The average molecular weight is 340 g/mol. The first-order valence-electron chi connectivity index (χ1n) is 9.13. The van der Waals surface area contributed by atoms with Crippen molar-refractivity contribution in [3.63, 3.8) is 0 Å². The topological polar surface area (TPSA) is 38.7 Å². The van der Waals surface area contributed by atoms with Gasteiger partial charge in [0.15, 0.2) is 5.79 Å². The molecule has 0 aliphatic carbocycles. The van der Waals surface area contributed by atoms with E-state index in [9.17, 15) is 0 Å². The van der Waals surface area contributed by atoms with Gasteiger partial charge in [-0.3, -0.25) is 0 Å². The summed E-state index contributed by atoms with van der Waals surface area (Å²) in [6.07, 6.45) is 2.67. The van der Waals surface area contributed by atoms with Gasteiger partial charge in [0, 0.05) is 12.5 Å². The third-order valence-electron chi connectivity index (χ3n) is 4.72. The van der Waals surface area contributed by atoms with Crippen LogP contribution in [0.5, 0.6) is 0 Å². The van der Waals surface area contributed by atoms with Crippen LogP contribution in [0.3, 0.4) is 0 Å². The minimum atomic E-state index is -0.556. The van der Waals surface area contributed by atoms with Crippen molar-refractivity contribution in [2.24, 2.45) is 5.92 Å². The Bertz CT molecular complexity index is 666. The van der Waals surface area contributed by atoms with Crippen LogP contribution in [0, 0.1) is 5.92 Å². The molecule has 2 aromatic carbocycles. The highest BCUT2D eigenvalue weighted by atomic mass is 16.7. The van der Waals surface area contributed by atoms with E-state index in [1.807, 2.05) is 19.9 Å². The molecule has 1 fully saturated rings. The molecule has 1 N–H and O–H groups in total. The Morgan fingerprint density at radius 2 is 1.80 bits per heavy atom. The Morgan fingerprint density at radius 1 is 1.04 bits per heavy atom. The van der Waals surface area contributed by atoms with Crippen molar-refractivity contribution < 1.29 is 14.6 Å². The number of aryl methyl sites for hydroxylation is 1. The van der Waals surface area contributed by atoms with Gasteiger partial charge in [-0.1, -0.05) is 54.6 Å². The highest BCUT2D eigenvalue weighted by Crippen LogP contribution is 2.38. The fourth-order valence-electron chi connectivity index (χ4n) is 3.48. The van der Waals surface area contributed by atoms with E-state index in [1.54, 1.807) is 0 Å². The number of hydrogen-bond donors (Lipinski definition) is 1. The molecule has 25 heavy (non-hydrogen) atoms. The number of rotatable bonds is 6. The summed E-state index contributed by atoms with van der Waals surface area (Å²) in [5.74, 6) is -0.275. The van der Waals surface area contributed by atoms with E-state index in [2.05, 4.69) is 48.5 Å². The summed E-state index contributed by atoms with van der Waals surface area (Å²) in [5.41, 5.74) is 3.79. The van der Waals surface area contributed by atoms with Crippen molar-refractivity contribution in [3.05, 3.63) is 71.3 Å². The minimum Gasteiger partial charge on any atom is -0.396 e. The Hall–Kier alpha value is -1.68. The van der Waals surface area contributed by atoms with Crippen LogP contribution >= 0.6 is 0 Å². The summed E-state index contributed by atoms with van der Waals surface area (Å²) in [4.78, 5) is 0. The number of ether oxygens (including phenoxy) is 2. The van der Waals surface area contributed by atoms with E-state index in [-0.39, 0.29) is 18.6 Å². The molecule has 0 amide bonds. The summed E-state index contributed by atoms with van der Waals surface area (Å²) in [5, 5.41) is 9.03. The molecule has 1 aliphatic heterocycles. The molecule has 0 bridgehead atoms. The average Bonchev–Trinajstić information content (AvgIpc) is 2.62. The van der Waals surface area contributed by atoms with Crippen LogP contribution in [0.2, 0.25) is 0 Å². The predicted molar refractivity (Wildman–Crippen MR) is 99.3 cm³/mol. The largest absolute Gasteiger partial charge is 0.396 e. The van der Waals surface area contributed by atoms with Crippen molar-refractivity contribution in [2.75, 3.05) is 13.2 Å². The van der Waals surface area contributed by atoms with E-state index in [4.69, 9.17) is 14.6 Å². The predicted octanol–water partition coefficient (Wildman–Crippen LogP) is 4.29. The molecule has 1 saturated heterocycles. The van der Waals surface area contributed by atoms with E-state index in [0.29, 0.717) is 6.61 Å². The molecule has 3 heteroatoms. The van der Waals surface area contributed by atoms with Gasteiger partial charge in [0.25, 0.3) is 0 Å². The quantitative estimate of drug-likeness (QED) is 0.852. The maximum Gasteiger partial charge on any atom is 0.163 e. The van der Waals surface area contributed by atoms with E-state index >= 15 is 0 Å². The molecule has 2 aromatic rings. The number of hydrogen-bond acceptors (Lipinski definition) is 3. The SMILES string of the molecule is CC1(C)OC[C@@H](Cc2cccc(CCCO)c2)[C@@H](c2ccccc2)O1. The molecule has 3 nitrogen and oxygen atoms in total. The second-order valence-electron chi connectivity index (χ2n) is 7.27. The zero-order valence-corrected chi connectivity index (χ0v) is 15.2. The van der Waals surface area contributed by atoms with Gasteiger partial charge in [-0.25, -0.2) is 0 Å². The molecular formula is C22H28O3. The van der Waals surface area contributed by atoms with Gasteiger partial charge >= 0.3 is 0 Å². The summed E-state index contributed by atoms with van der Waals surface area (Å²) in [7, 11) is 0. The van der Waals surface area contributed by atoms with Crippen LogP contribution in [-0.4, -0.2) is 24.1 Å². The lowest BCUT2D eigenvalue weighted by molar-refractivity contribution is -0.295. The second kappa shape index (κ2) is 8.13. The summed E-state index contributed by atoms with van der Waals surface area (Å²) >= 11 is 0. The van der Waals surface area contributed by atoms with Crippen LogP contribution in [0.25, 0.3) is 0 Å². The minimum absolute atomic E-state index is 0.0334. The maximum absolute atomic E-state index is 9.03. The molecule has 3 rings (SSSR count). The lowest BCUT2D eigenvalue weighted by atomic mass is 9.88. The summed E-state index contributed by atoms with van der Waals surface area (Å²) in [6.45, 7) is 4.89. The summed E-state index contributed by atoms with van der Waals surface area (Å²) in [6, 6.07) is 19.1. The lowest BCUT2D eigenvalue weighted by Gasteiger charge is -2.41. The Balaban J connectivity index is 1.77. The highest BCUT2D eigenvalue weighted by Gasteiger charge is 2.37. The maximum atomic E-state index is 9.03. The first-order valence-corrected chi connectivity index (χ1v) is 9.13. The van der Waals surface area contributed by atoms with Gasteiger partial charge in [0.1, 0.15) is 0 Å². The molecule has 0 unspecified atom stereocenters. The molecule has 1 aliphatic rings. The summed E-state index contributed by atoms with van der Waals surface area (Å²) < 4.78 is 12.2. The van der Waals surface area contributed by atoms with Crippen molar-refractivity contribution >= 4 is 0 Å². The van der Waals surface area contributed by atoms with Crippen LogP contribution in [0.15, 0.2) is 54.6 Å². The lowest BCUT2D eigenvalue weighted by Crippen LogP contribution is -2.42. The molecule has 1 heterocycles. The van der Waals surface area contributed by atoms with Gasteiger partial charge in [0.2, 0.25) is 0 Å². The fraction of sp³-hybridized carbons (Fsp3) is 0.455. The normalized spacial score (nSPS) is 22.7. The zero-order valence-electron chi connectivity index (χ0n) is 15.2. The Morgan fingerprint density at radius 3 is 2.56 bits per heavy atom. The van der Waals surface area contributed by atoms with Crippen molar-refractivity contribution in [2.45, 2.75) is 45.0 Å². The number of benzene rings is 2. The molecule has 0 saturated carbocycles. The highest BCUT2D eigenvalue weighted by molar-refractivity contribution is 5.25. The van der Waals surface area contributed by atoms with Crippen molar-refractivity contribution in [3.8, 4) is 0 Å². The third-order valence-corrected chi connectivity index (χ3v) is 4.72. The molecule has 134 valence electrons. The van der Waals surface area contributed by atoms with Crippen LogP contribution < -0.4 is 0 Å². The van der Waals surface area contributed by atoms with E-state index < -0.39 is 5.79 Å². The third kappa shape index (κ3) is 4.91. The molecular weight excluding hydrogens is 312 g/mol. The van der Waals surface area contributed by atoms with Gasteiger partial charge in [0.05, 0.1) is 12.7 Å². The first kappa shape index (κ1) is 18.1. The smallest absolute Gasteiger partial charge is 0.163 e. The van der Waals surface area contributed by atoms with Gasteiger partial charge in [-0.2, -0.15) is 0 Å².